The first kappa shape index (κ1) is 15.1. The van der Waals surface area contributed by atoms with Crippen molar-refractivity contribution in [3.05, 3.63) is 39.7 Å². The number of hydrogen-bond acceptors (Lipinski definition) is 3. The number of aliphatic carboxylic acids is 1. The highest BCUT2D eigenvalue weighted by molar-refractivity contribution is 5.75. The number of carbonyl (C=O) groups is 1. The summed E-state index contributed by atoms with van der Waals surface area (Å²) in [5.74, 6) is -1.69. The lowest BCUT2D eigenvalue weighted by Crippen LogP contribution is -2.32. The van der Waals surface area contributed by atoms with Crippen LogP contribution in [-0.2, 0) is 11.2 Å². The third-order valence-electron chi connectivity index (χ3n) is 3.50. The van der Waals surface area contributed by atoms with Crippen molar-refractivity contribution in [2.75, 3.05) is 0 Å². The maximum absolute atomic E-state index is 13.3. The van der Waals surface area contributed by atoms with Gasteiger partial charge in [-0.25, -0.2) is 4.39 Å². The second-order valence-electron chi connectivity index (χ2n) is 4.54. The largest absolute Gasteiger partial charge is 0.481 e. The summed E-state index contributed by atoms with van der Waals surface area (Å²) >= 11 is 0. The van der Waals surface area contributed by atoms with Gasteiger partial charge in [0.1, 0.15) is 5.82 Å². The minimum absolute atomic E-state index is 0.0773. The number of halogens is 1. The molecule has 0 fully saturated rings. The molecule has 1 rings (SSSR count). The number of nitrogens with zero attached hydrogens (tertiary/aromatic N) is 1. The van der Waals surface area contributed by atoms with E-state index in [0.29, 0.717) is 18.4 Å². The van der Waals surface area contributed by atoms with Crippen LogP contribution in [0.25, 0.3) is 0 Å². The van der Waals surface area contributed by atoms with Crippen molar-refractivity contribution in [3.8, 4) is 0 Å². The Balaban J connectivity index is 3.17. The van der Waals surface area contributed by atoms with Gasteiger partial charge in [0, 0.05) is 6.07 Å². The van der Waals surface area contributed by atoms with E-state index in [1.54, 1.807) is 13.8 Å². The number of carboxylic acids is 1. The lowest BCUT2D eigenvalue weighted by Gasteiger charge is -2.26. The summed E-state index contributed by atoms with van der Waals surface area (Å²) in [6, 6.07) is 3.20. The van der Waals surface area contributed by atoms with Crippen molar-refractivity contribution in [1.82, 2.24) is 0 Å². The smallest absolute Gasteiger partial charge is 0.309 e. The Hall–Kier alpha value is -1.98. The van der Waals surface area contributed by atoms with E-state index < -0.39 is 22.1 Å². The SMILES string of the molecule is CCC(CC)(Cc1cc(F)cc([N+](=O)[O-])c1)C(=O)O. The molecule has 0 amide bonds. The van der Waals surface area contributed by atoms with Crippen LogP contribution in [0.1, 0.15) is 32.3 Å². The van der Waals surface area contributed by atoms with E-state index in [4.69, 9.17) is 0 Å². The average Bonchev–Trinajstić information content (AvgIpc) is 2.35. The number of hydrogen-bond donors (Lipinski definition) is 1. The first-order chi connectivity index (χ1) is 8.84. The quantitative estimate of drug-likeness (QED) is 0.635. The molecule has 0 spiro atoms. The fraction of sp³-hybridized carbons (Fsp3) is 0.462. The lowest BCUT2D eigenvalue weighted by molar-refractivity contribution is -0.385. The number of benzene rings is 1. The molecule has 0 saturated carbocycles. The first-order valence-electron chi connectivity index (χ1n) is 6.02. The van der Waals surface area contributed by atoms with Crippen molar-refractivity contribution < 1.29 is 19.2 Å². The van der Waals surface area contributed by atoms with Gasteiger partial charge in [0.2, 0.25) is 0 Å². The summed E-state index contributed by atoms with van der Waals surface area (Å²) in [5, 5.41) is 20.0. The van der Waals surface area contributed by atoms with E-state index in [0.717, 1.165) is 12.1 Å². The Morgan fingerprint density at radius 1 is 1.37 bits per heavy atom. The lowest BCUT2D eigenvalue weighted by atomic mass is 9.77. The Kier molecular flexibility index (Phi) is 4.58. The summed E-state index contributed by atoms with van der Waals surface area (Å²) in [6.45, 7) is 3.48. The summed E-state index contributed by atoms with van der Waals surface area (Å²) in [5.41, 5.74) is -1.04. The van der Waals surface area contributed by atoms with E-state index in [1.807, 2.05) is 0 Å². The monoisotopic (exact) mass is 269 g/mol. The number of non-ortho nitro benzene ring substituents is 1. The molecule has 0 aliphatic heterocycles. The van der Waals surface area contributed by atoms with Gasteiger partial charge >= 0.3 is 5.97 Å². The molecule has 1 N–H and O–H groups in total. The van der Waals surface area contributed by atoms with Gasteiger partial charge in [-0.15, -0.1) is 0 Å². The Bertz CT molecular complexity index is 497. The molecule has 1 aromatic carbocycles. The van der Waals surface area contributed by atoms with E-state index in [9.17, 15) is 24.4 Å². The van der Waals surface area contributed by atoms with Crippen LogP contribution in [0, 0.1) is 21.3 Å². The molecule has 0 aliphatic carbocycles. The number of rotatable bonds is 6. The van der Waals surface area contributed by atoms with E-state index in [2.05, 4.69) is 0 Å². The van der Waals surface area contributed by atoms with Gasteiger partial charge in [0.25, 0.3) is 5.69 Å². The van der Waals surface area contributed by atoms with Gasteiger partial charge in [0.15, 0.2) is 0 Å². The topological polar surface area (TPSA) is 80.4 Å². The van der Waals surface area contributed by atoms with Crippen molar-refractivity contribution in [2.45, 2.75) is 33.1 Å². The number of nitro groups is 1. The van der Waals surface area contributed by atoms with E-state index in [1.165, 1.54) is 6.07 Å². The third-order valence-corrected chi connectivity index (χ3v) is 3.50. The normalized spacial score (nSPS) is 11.3. The Morgan fingerprint density at radius 3 is 2.37 bits per heavy atom. The minimum atomic E-state index is -1.01. The van der Waals surface area contributed by atoms with Crippen LogP contribution in [0.15, 0.2) is 18.2 Å². The van der Waals surface area contributed by atoms with Crippen molar-refractivity contribution >= 4 is 11.7 Å². The van der Waals surface area contributed by atoms with Gasteiger partial charge < -0.3 is 5.11 Å². The van der Waals surface area contributed by atoms with Gasteiger partial charge in [-0.05, 0) is 30.9 Å². The van der Waals surface area contributed by atoms with Crippen LogP contribution >= 0.6 is 0 Å². The zero-order chi connectivity index (χ0) is 14.6. The zero-order valence-corrected chi connectivity index (χ0v) is 10.9. The molecule has 5 nitrogen and oxygen atoms in total. The van der Waals surface area contributed by atoms with Crippen LogP contribution in [0.2, 0.25) is 0 Å². The average molecular weight is 269 g/mol. The molecular formula is C13H16FNO4. The summed E-state index contributed by atoms with van der Waals surface area (Å²) < 4.78 is 13.3. The standard InChI is InChI=1S/C13H16FNO4/c1-3-13(4-2,12(16)17)8-9-5-10(14)7-11(6-9)15(18)19/h5-7H,3-4,8H2,1-2H3,(H,16,17). The molecular weight excluding hydrogens is 253 g/mol. The fourth-order valence-electron chi connectivity index (χ4n) is 2.11. The predicted octanol–water partition coefficient (Wildman–Crippen LogP) is 3.17. The molecule has 19 heavy (non-hydrogen) atoms. The van der Waals surface area contributed by atoms with Gasteiger partial charge in [-0.1, -0.05) is 13.8 Å². The highest BCUT2D eigenvalue weighted by atomic mass is 19.1. The Morgan fingerprint density at radius 2 is 1.95 bits per heavy atom. The highest BCUT2D eigenvalue weighted by Gasteiger charge is 2.35. The molecule has 0 aliphatic rings. The number of carboxylic acid groups (broad SMARTS) is 1. The maximum Gasteiger partial charge on any atom is 0.309 e. The molecule has 0 saturated heterocycles. The Labute approximate surface area is 110 Å². The van der Waals surface area contributed by atoms with Crippen LogP contribution in [0.4, 0.5) is 10.1 Å². The summed E-state index contributed by atoms with van der Waals surface area (Å²) in [6.07, 6.45) is 0.834. The molecule has 0 bridgehead atoms. The number of nitro benzene ring substituents is 1. The summed E-state index contributed by atoms with van der Waals surface area (Å²) in [7, 11) is 0. The molecule has 0 heterocycles. The maximum atomic E-state index is 13.3. The first-order valence-corrected chi connectivity index (χ1v) is 6.02. The fourth-order valence-corrected chi connectivity index (χ4v) is 2.11. The van der Waals surface area contributed by atoms with Crippen LogP contribution in [0.5, 0.6) is 0 Å². The second-order valence-corrected chi connectivity index (χ2v) is 4.54. The minimum Gasteiger partial charge on any atom is -0.481 e. The third kappa shape index (κ3) is 3.27. The van der Waals surface area contributed by atoms with Crippen molar-refractivity contribution in [3.63, 3.8) is 0 Å². The van der Waals surface area contributed by atoms with Crippen LogP contribution < -0.4 is 0 Å². The molecule has 6 heteroatoms. The molecule has 0 radical (unpaired) electrons. The zero-order valence-electron chi connectivity index (χ0n) is 10.9. The van der Waals surface area contributed by atoms with Gasteiger partial charge in [0.05, 0.1) is 16.4 Å². The van der Waals surface area contributed by atoms with Crippen molar-refractivity contribution in [2.24, 2.45) is 5.41 Å². The molecule has 0 atom stereocenters. The van der Waals surface area contributed by atoms with Crippen LogP contribution in [-0.4, -0.2) is 16.0 Å². The second kappa shape index (κ2) is 5.77. The van der Waals surface area contributed by atoms with E-state index in [-0.39, 0.29) is 12.1 Å². The molecule has 104 valence electrons. The van der Waals surface area contributed by atoms with Gasteiger partial charge in [-0.3, -0.25) is 14.9 Å². The van der Waals surface area contributed by atoms with Crippen molar-refractivity contribution in [1.29, 1.82) is 0 Å². The summed E-state index contributed by atoms with van der Waals surface area (Å²) in [4.78, 5) is 21.3. The molecule has 1 aromatic rings. The van der Waals surface area contributed by atoms with Crippen LogP contribution in [0.3, 0.4) is 0 Å². The van der Waals surface area contributed by atoms with Gasteiger partial charge in [-0.2, -0.15) is 0 Å². The molecule has 0 unspecified atom stereocenters. The predicted molar refractivity (Wildman–Crippen MR) is 67.4 cm³/mol. The molecule has 0 aromatic heterocycles. The van der Waals surface area contributed by atoms with E-state index >= 15 is 0 Å². The highest BCUT2D eigenvalue weighted by Crippen LogP contribution is 2.32.